The van der Waals surface area contributed by atoms with Crippen LogP contribution in [0.4, 0.5) is 0 Å². The van der Waals surface area contributed by atoms with E-state index >= 15 is 0 Å². The maximum absolute atomic E-state index is 12.1. The van der Waals surface area contributed by atoms with Crippen molar-refractivity contribution in [3.8, 4) is 0 Å². The van der Waals surface area contributed by atoms with Gasteiger partial charge in [0.1, 0.15) is 0 Å². The Morgan fingerprint density at radius 3 is 2.31 bits per heavy atom. The molecule has 3 nitrogen and oxygen atoms in total. The highest BCUT2D eigenvalue weighted by Crippen LogP contribution is 2.27. The molecule has 1 amide bonds. The van der Waals surface area contributed by atoms with Gasteiger partial charge in [-0.25, -0.2) is 0 Å². The Kier molecular flexibility index (Phi) is 5.81. The van der Waals surface area contributed by atoms with E-state index in [1.807, 2.05) is 4.90 Å². The number of nitrogens with zero attached hydrogens (tertiary/aromatic N) is 1. The predicted molar refractivity (Wildman–Crippen MR) is 67.1 cm³/mol. The Morgan fingerprint density at radius 2 is 1.88 bits per heavy atom. The van der Waals surface area contributed by atoms with Crippen LogP contribution in [-0.2, 0) is 4.79 Å². The number of hydrogen-bond acceptors (Lipinski definition) is 2. The smallest absolute Gasteiger partial charge is 0.222 e. The Bertz CT molecular complexity index is 212. The molecule has 0 saturated heterocycles. The third-order valence-corrected chi connectivity index (χ3v) is 3.49. The highest BCUT2D eigenvalue weighted by atomic mass is 16.2. The Labute approximate surface area is 99.4 Å². The molecule has 0 bridgehead atoms. The quantitative estimate of drug-likeness (QED) is 0.754. The van der Waals surface area contributed by atoms with Gasteiger partial charge in [0.15, 0.2) is 0 Å². The van der Waals surface area contributed by atoms with Gasteiger partial charge in [0.25, 0.3) is 0 Å². The third kappa shape index (κ3) is 3.78. The normalized spacial score (nSPS) is 24.7. The standard InChI is InChI=1S/C13H26N2O/c1-3-8-15(9-4-2)13(16)10-11-6-5-7-12(11)14/h11-12H,3-10,14H2,1-2H3/t11-,12+/m0/s1. The highest BCUT2D eigenvalue weighted by molar-refractivity contribution is 5.76. The summed E-state index contributed by atoms with van der Waals surface area (Å²) in [4.78, 5) is 14.1. The first-order chi connectivity index (χ1) is 7.69. The summed E-state index contributed by atoms with van der Waals surface area (Å²) in [5.41, 5.74) is 6.00. The molecule has 0 heterocycles. The third-order valence-electron chi connectivity index (χ3n) is 3.49. The molecule has 0 aromatic heterocycles. The maximum atomic E-state index is 12.1. The van der Waals surface area contributed by atoms with Gasteiger partial charge in [-0.1, -0.05) is 20.3 Å². The topological polar surface area (TPSA) is 46.3 Å². The molecule has 0 aliphatic heterocycles. The van der Waals surface area contributed by atoms with E-state index in [0.717, 1.165) is 38.8 Å². The van der Waals surface area contributed by atoms with E-state index in [9.17, 15) is 4.79 Å². The molecule has 16 heavy (non-hydrogen) atoms. The van der Waals surface area contributed by atoms with Gasteiger partial charge in [0, 0.05) is 25.6 Å². The fourth-order valence-electron chi connectivity index (χ4n) is 2.57. The van der Waals surface area contributed by atoms with Crippen molar-refractivity contribution < 1.29 is 4.79 Å². The minimum Gasteiger partial charge on any atom is -0.343 e. The summed E-state index contributed by atoms with van der Waals surface area (Å²) in [7, 11) is 0. The van der Waals surface area contributed by atoms with Crippen molar-refractivity contribution in [2.24, 2.45) is 11.7 Å². The van der Waals surface area contributed by atoms with Crippen LogP contribution in [0, 0.1) is 5.92 Å². The van der Waals surface area contributed by atoms with Crippen LogP contribution in [-0.4, -0.2) is 29.9 Å². The van der Waals surface area contributed by atoms with Gasteiger partial charge in [0.2, 0.25) is 5.91 Å². The second kappa shape index (κ2) is 6.89. The molecular formula is C13H26N2O. The summed E-state index contributed by atoms with van der Waals surface area (Å²) in [6.07, 6.45) is 6.19. The lowest BCUT2D eigenvalue weighted by Crippen LogP contribution is -2.36. The molecule has 1 aliphatic carbocycles. The molecule has 1 fully saturated rings. The fourth-order valence-corrected chi connectivity index (χ4v) is 2.57. The summed E-state index contributed by atoms with van der Waals surface area (Å²) in [5.74, 6) is 0.745. The summed E-state index contributed by atoms with van der Waals surface area (Å²) < 4.78 is 0. The van der Waals surface area contributed by atoms with Gasteiger partial charge in [-0.05, 0) is 31.6 Å². The van der Waals surface area contributed by atoms with Crippen LogP contribution >= 0.6 is 0 Å². The number of hydrogen-bond donors (Lipinski definition) is 1. The van der Waals surface area contributed by atoms with E-state index in [4.69, 9.17) is 5.73 Å². The number of amides is 1. The zero-order valence-electron chi connectivity index (χ0n) is 10.7. The van der Waals surface area contributed by atoms with Crippen LogP contribution in [0.5, 0.6) is 0 Å². The minimum absolute atomic E-state index is 0.258. The number of rotatable bonds is 6. The summed E-state index contributed by atoms with van der Waals surface area (Å²) in [5, 5.41) is 0. The van der Waals surface area contributed by atoms with E-state index in [1.54, 1.807) is 0 Å². The maximum Gasteiger partial charge on any atom is 0.222 e. The lowest BCUT2D eigenvalue weighted by Gasteiger charge is -2.24. The second-order valence-corrected chi connectivity index (χ2v) is 4.94. The monoisotopic (exact) mass is 226 g/mol. The Hall–Kier alpha value is -0.570. The van der Waals surface area contributed by atoms with E-state index in [0.29, 0.717) is 18.2 Å². The van der Waals surface area contributed by atoms with Crippen LogP contribution < -0.4 is 5.73 Å². The SMILES string of the molecule is CCCN(CCC)C(=O)C[C@@H]1CCC[C@H]1N. The summed E-state index contributed by atoms with van der Waals surface area (Å²) >= 11 is 0. The van der Waals surface area contributed by atoms with Crippen LogP contribution in [0.1, 0.15) is 52.4 Å². The van der Waals surface area contributed by atoms with Gasteiger partial charge >= 0.3 is 0 Å². The van der Waals surface area contributed by atoms with Crippen LogP contribution in [0.3, 0.4) is 0 Å². The van der Waals surface area contributed by atoms with Crippen molar-refractivity contribution in [2.45, 2.75) is 58.4 Å². The Balaban J connectivity index is 2.41. The van der Waals surface area contributed by atoms with Gasteiger partial charge in [-0.2, -0.15) is 0 Å². The molecule has 1 saturated carbocycles. The van der Waals surface area contributed by atoms with Crippen molar-refractivity contribution in [2.75, 3.05) is 13.1 Å². The molecule has 1 aliphatic rings. The van der Waals surface area contributed by atoms with Gasteiger partial charge in [0.05, 0.1) is 0 Å². The predicted octanol–water partition coefficient (Wildman–Crippen LogP) is 2.15. The van der Waals surface area contributed by atoms with Gasteiger partial charge in [-0.3, -0.25) is 4.79 Å². The van der Waals surface area contributed by atoms with Crippen molar-refractivity contribution in [3.63, 3.8) is 0 Å². The average molecular weight is 226 g/mol. The molecule has 0 aromatic carbocycles. The largest absolute Gasteiger partial charge is 0.343 e. The number of nitrogens with two attached hydrogens (primary N) is 1. The minimum atomic E-state index is 0.258. The van der Waals surface area contributed by atoms with Crippen LogP contribution in [0.25, 0.3) is 0 Å². The molecule has 0 spiro atoms. The number of carbonyl (C=O) groups is 1. The van der Waals surface area contributed by atoms with E-state index in [2.05, 4.69) is 13.8 Å². The van der Waals surface area contributed by atoms with E-state index in [1.165, 1.54) is 6.42 Å². The first-order valence-electron chi connectivity index (χ1n) is 6.72. The lowest BCUT2D eigenvalue weighted by atomic mass is 9.99. The lowest BCUT2D eigenvalue weighted by molar-refractivity contribution is -0.132. The first kappa shape index (κ1) is 13.5. The van der Waals surface area contributed by atoms with Crippen molar-refractivity contribution in [1.82, 2.24) is 4.90 Å². The zero-order chi connectivity index (χ0) is 12.0. The first-order valence-corrected chi connectivity index (χ1v) is 6.72. The highest BCUT2D eigenvalue weighted by Gasteiger charge is 2.27. The van der Waals surface area contributed by atoms with Crippen LogP contribution in [0.2, 0.25) is 0 Å². The van der Waals surface area contributed by atoms with E-state index in [-0.39, 0.29) is 6.04 Å². The molecule has 0 aromatic rings. The van der Waals surface area contributed by atoms with E-state index < -0.39 is 0 Å². The fraction of sp³-hybridized carbons (Fsp3) is 0.923. The number of carbonyl (C=O) groups excluding carboxylic acids is 1. The van der Waals surface area contributed by atoms with Crippen molar-refractivity contribution >= 4 is 5.91 Å². The molecule has 1 rings (SSSR count). The van der Waals surface area contributed by atoms with Crippen molar-refractivity contribution in [3.05, 3.63) is 0 Å². The molecular weight excluding hydrogens is 200 g/mol. The molecule has 0 radical (unpaired) electrons. The second-order valence-electron chi connectivity index (χ2n) is 4.94. The molecule has 94 valence electrons. The Morgan fingerprint density at radius 1 is 1.25 bits per heavy atom. The van der Waals surface area contributed by atoms with Gasteiger partial charge in [-0.15, -0.1) is 0 Å². The van der Waals surface area contributed by atoms with Gasteiger partial charge < -0.3 is 10.6 Å². The molecule has 2 atom stereocenters. The van der Waals surface area contributed by atoms with Crippen molar-refractivity contribution in [1.29, 1.82) is 0 Å². The molecule has 2 N–H and O–H groups in total. The summed E-state index contributed by atoms with van der Waals surface area (Å²) in [6.45, 7) is 6.04. The average Bonchev–Trinajstić information content (AvgIpc) is 2.64. The zero-order valence-corrected chi connectivity index (χ0v) is 10.7. The summed E-state index contributed by atoms with van der Waals surface area (Å²) in [6, 6.07) is 0.258. The molecule has 3 heteroatoms. The van der Waals surface area contributed by atoms with Crippen LogP contribution in [0.15, 0.2) is 0 Å². The molecule has 0 unspecified atom stereocenters.